The molecule has 72 valence electrons. The molecule has 2 aromatic heterocycles. The van der Waals surface area contributed by atoms with Crippen LogP contribution in [0.5, 0.6) is 0 Å². The van der Waals surface area contributed by atoms with E-state index in [2.05, 4.69) is 19.9 Å². The molecule has 2 aromatic rings. The average molecular weight is 209 g/mol. The minimum absolute atomic E-state index is 0.476. The van der Waals surface area contributed by atoms with E-state index in [9.17, 15) is 0 Å². The number of rotatable bonds is 1. The van der Waals surface area contributed by atoms with Gasteiger partial charge in [-0.2, -0.15) is 0 Å². The second kappa shape index (κ2) is 3.38. The summed E-state index contributed by atoms with van der Waals surface area (Å²) in [6.45, 7) is 3.79. The first-order chi connectivity index (χ1) is 6.68. The number of H-pyrrole nitrogens is 1. The monoisotopic (exact) mass is 208 g/mol. The zero-order valence-electron chi connectivity index (χ0n) is 7.87. The normalized spacial score (nSPS) is 10.5. The molecule has 0 saturated carbocycles. The van der Waals surface area contributed by atoms with Gasteiger partial charge in [0, 0.05) is 23.7 Å². The number of aromatic nitrogens is 4. The number of nitrogens with one attached hydrogen (secondary N) is 1. The van der Waals surface area contributed by atoms with E-state index in [0.717, 1.165) is 11.3 Å². The Kier molecular flexibility index (Phi) is 2.21. The molecule has 0 saturated heterocycles. The van der Waals surface area contributed by atoms with Gasteiger partial charge in [-0.25, -0.2) is 15.0 Å². The maximum Gasteiger partial charge on any atom is 0.197 e. The highest BCUT2D eigenvalue weighted by Crippen LogP contribution is 2.18. The molecular weight excluding hydrogens is 200 g/mol. The van der Waals surface area contributed by atoms with Crippen LogP contribution < -0.4 is 0 Å². The molecule has 14 heavy (non-hydrogen) atoms. The lowest BCUT2D eigenvalue weighted by Gasteiger charge is -2.03. The first kappa shape index (κ1) is 9.15. The Morgan fingerprint density at radius 3 is 2.64 bits per heavy atom. The Hall–Kier alpha value is -1.42. The van der Waals surface area contributed by atoms with Gasteiger partial charge >= 0.3 is 0 Å². The molecule has 0 aromatic carbocycles. The molecule has 1 N–H and O–H groups in total. The fourth-order valence-corrected chi connectivity index (χ4v) is 1.30. The lowest BCUT2D eigenvalue weighted by atomic mass is 10.3. The van der Waals surface area contributed by atoms with E-state index in [-0.39, 0.29) is 0 Å². The van der Waals surface area contributed by atoms with Crippen molar-refractivity contribution in [2.75, 3.05) is 0 Å². The summed E-state index contributed by atoms with van der Waals surface area (Å²) in [6.07, 6.45) is 3.38. The molecule has 0 aliphatic carbocycles. The minimum atomic E-state index is 0.476. The third kappa shape index (κ3) is 1.48. The van der Waals surface area contributed by atoms with Crippen molar-refractivity contribution >= 4 is 11.6 Å². The molecule has 5 heteroatoms. The lowest BCUT2D eigenvalue weighted by molar-refractivity contribution is 1.05. The van der Waals surface area contributed by atoms with Crippen LogP contribution in [-0.4, -0.2) is 19.9 Å². The molecule has 0 radical (unpaired) electrons. The summed E-state index contributed by atoms with van der Waals surface area (Å²) in [5.74, 6) is 1.16. The van der Waals surface area contributed by atoms with Crippen LogP contribution in [-0.2, 0) is 0 Å². The Bertz CT molecular complexity index is 427. The van der Waals surface area contributed by atoms with E-state index in [0.29, 0.717) is 16.8 Å². The maximum absolute atomic E-state index is 5.94. The summed E-state index contributed by atoms with van der Waals surface area (Å²) in [5.41, 5.74) is 1.78. The molecule has 0 atom stereocenters. The second-order valence-corrected chi connectivity index (χ2v) is 3.34. The van der Waals surface area contributed by atoms with E-state index >= 15 is 0 Å². The summed E-state index contributed by atoms with van der Waals surface area (Å²) in [6, 6.07) is 0. The summed E-state index contributed by atoms with van der Waals surface area (Å²) in [5, 5.41) is 0.476. The van der Waals surface area contributed by atoms with Gasteiger partial charge in [-0.1, -0.05) is 11.6 Å². The van der Waals surface area contributed by atoms with Gasteiger partial charge in [0.2, 0.25) is 0 Å². The SMILES string of the molecule is Cc1nc(-c2ncc[nH]2)nc(Cl)c1C. The molecule has 0 amide bonds. The van der Waals surface area contributed by atoms with Crippen LogP contribution in [0.15, 0.2) is 12.4 Å². The fraction of sp³-hybridized carbons (Fsp3) is 0.222. The third-order valence-corrected chi connectivity index (χ3v) is 2.41. The van der Waals surface area contributed by atoms with Gasteiger partial charge in [0.25, 0.3) is 0 Å². The zero-order valence-corrected chi connectivity index (χ0v) is 8.63. The molecule has 0 bridgehead atoms. The molecule has 0 spiro atoms. The summed E-state index contributed by atoms with van der Waals surface area (Å²) < 4.78 is 0. The Morgan fingerprint density at radius 1 is 1.29 bits per heavy atom. The quantitative estimate of drug-likeness (QED) is 0.731. The van der Waals surface area contributed by atoms with Gasteiger partial charge < -0.3 is 4.98 Å². The number of aryl methyl sites for hydroxylation is 1. The van der Waals surface area contributed by atoms with Crippen LogP contribution in [0.1, 0.15) is 11.3 Å². The fourth-order valence-electron chi connectivity index (χ4n) is 1.09. The zero-order chi connectivity index (χ0) is 10.1. The van der Waals surface area contributed by atoms with E-state index in [1.165, 1.54) is 0 Å². The highest BCUT2D eigenvalue weighted by Gasteiger charge is 2.08. The number of hydrogen-bond acceptors (Lipinski definition) is 3. The third-order valence-electron chi connectivity index (χ3n) is 2.04. The molecule has 2 heterocycles. The van der Waals surface area contributed by atoms with Crippen LogP contribution in [0.2, 0.25) is 5.15 Å². The smallest absolute Gasteiger partial charge is 0.197 e. The Labute approximate surface area is 86.4 Å². The number of halogens is 1. The molecule has 0 fully saturated rings. The number of aromatic amines is 1. The molecule has 4 nitrogen and oxygen atoms in total. The van der Waals surface area contributed by atoms with Crippen LogP contribution in [0, 0.1) is 13.8 Å². The van der Waals surface area contributed by atoms with Gasteiger partial charge in [0.1, 0.15) is 5.15 Å². The summed E-state index contributed by atoms with van der Waals surface area (Å²) in [4.78, 5) is 15.4. The van der Waals surface area contributed by atoms with Crippen molar-refractivity contribution in [3.8, 4) is 11.6 Å². The van der Waals surface area contributed by atoms with E-state index in [4.69, 9.17) is 11.6 Å². The molecule has 0 aliphatic heterocycles. The van der Waals surface area contributed by atoms with Crippen molar-refractivity contribution < 1.29 is 0 Å². The Morgan fingerprint density at radius 2 is 2.07 bits per heavy atom. The van der Waals surface area contributed by atoms with Crippen LogP contribution in [0.25, 0.3) is 11.6 Å². The molecular formula is C9H9ClN4. The van der Waals surface area contributed by atoms with Crippen molar-refractivity contribution in [1.29, 1.82) is 0 Å². The highest BCUT2D eigenvalue weighted by molar-refractivity contribution is 6.30. The predicted octanol–water partition coefficient (Wildman–Crippen LogP) is 2.14. The van der Waals surface area contributed by atoms with Gasteiger partial charge in [0.05, 0.1) is 0 Å². The maximum atomic E-state index is 5.94. The van der Waals surface area contributed by atoms with Gasteiger partial charge in [-0.3, -0.25) is 0 Å². The van der Waals surface area contributed by atoms with Gasteiger partial charge in [0.15, 0.2) is 11.6 Å². The van der Waals surface area contributed by atoms with Gasteiger partial charge in [-0.05, 0) is 13.8 Å². The average Bonchev–Trinajstić information content (AvgIpc) is 2.66. The number of hydrogen-bond donors (Lipinski definition) is 1. The lowest BCUT2D eigenvalue weighted by Crippen LogP contribution is -1.97. The molecule has 2 rings (SSSR count). The van der Waals surface area contributed by atoms with E-state index in [1.54, 1.807) is 12.4 Å². The van der Waals surface area contributed by atoms with Crippen molar-refractivity contribution in [2.24, 2.45) is 0 Å². The van der Waals surface area contributed by atoms with Crippen molar-refractivity contribution in [3.63, 3.8) is 0 Å². The number of imidazole rings is 1. The summed E-state index contributed by atoms with van der Waals surface area (Å²) in [7, 11) is 0. The van der Waals surface area contributed by atoms with E-state index < -0.39 is 0 Å². The van der Waals surface area contributed by atoms with Gasteiger partial charge in [-0.15, -0.1) is 0 Å². The highest BCUT2D eigenvalue weighted by atomic mass is 35.5. The first-order valence-electron chi connectivity index (χ1n) is 4.19. The van der Waals surface area contributed by atoms with Crippen LogP contribution in [0.4, 0.5) is 0 Å². The van der Waals surface area contributed by atoms with Crippen LogP contribution in [0.3, 0.4) is 0 Å². The predicted molar refractivity (Wildman–Crippen MR) is 54.1 cm³/mol. The Balaban J connectivity index is 2.57. The first-order valence-corrected chi connectivity index (χ1v) is 4.57. The minimum Gasteiger partial charge on any atom is -0.342 e. The van der Waals surface area contributed by atoms with Crippen LogP contribution >= 0.6 is 11.6 Å². The number of nitrogens with zero attached hydrogens (tertiary/aromatic N) is 3. The largest absolute Gasteiger partial charge is 0.342 e. The summed E-state index contributed by atoms with van der Waals surface area (Å²) >= 11 is 5.94. The topological polar surface area (TPSA) is 54.5 Å². The van der Waals surface area contributed by atoms with Crippen molar-refractivity contribution in [3.05, 3.63) is 28.8 Å². The molecule has 0 unspecified atom stereocenters. The standard InChI is InChI=1S/C9H9ClN4/c1-5-6(2)13-9(14-7(5)10)8-11-3-4-12-8/h3-4H,1-2H3,(H,11,12). The molecule has 0 aliphatic rings. The van der Waals surface area contributed by atoms with E-state index in [1.807, 2.05) is 13.8 Å². The second-order valence-electron chi connectivity index (χ2n) is 2.99. The van der Waals surface area contributed by atoms with Crippen molar-refractivity contribution in [2.45, 2.75) is 13.8 Å². The van der Waals surface area contributed by atoms with Crippen molar-refractivity contribution in [1.82, 2.24) is 19.9 Å².